The Kier molecular flexibility index (Phi) is 5.20. The van der Waals surface area contributed by atoms with Crippen molar-refractivity contribution in [1.82, 2.24) is 5.32 Å². The monoisotopic (exact) mass is 420 g/mol. The first kappa shape index (κ1) is 19.8. The average Bonchev–Trinajstić information content (AvgIpc) is 3.23. The zero-order chi connectivity index (χ0) is 22.0. The number of carbonyl (C=O) groups is 3. The highest BCUT2D eigenvalue weighted by Crippen LogP contribution is 2.36. The van der Waals surface area contributed by atoms with Crippen molar-refractivity contribution in [3.63, 3.8) is 0 Å². The lowest BCUT2D eigenvalue weighted by Crippen LogP contribution is -2.54. The molecule has 9 nitrogen and oxygen atoms in total. The van der Waals surface area contributed by atoms with Gasteiger partial charge in [0.2, 0.25) is 6.79 Å². The molecule has 1 N–H and O–H groups in total. The second-order valence-electron chi connectivity index (χ2n) is 6.40. The smallest absolute Gasteiger partial charge is 0.335 e. The maximum Gasteiger partial charge on any atom is 0.335 e. The molecule has 2 aromatic rings. The first-order chi connectivity index (χ1) is 15.0. The lowest BCUT2D eigenvalue weighted by Gasteiger charge is -2.26. The van der Waals surface area contributed by atoms with Crippen LogP contribution in [0.4, 0.5) is 10.5 Å². The minimum absolute atomic E-state index is 0.0471. The van der Waals surface area contributed by atoms with Gasteiger partial charge in [-0.25, -0.2) is 9.69 Å². The minimum atomic E-state index is -0.860. The molecule has 0 radical (unpaired) electrons. The molecule has 0 aromatic heterocycles. The van der Waals surface area contributed by atoms with Crippen LogP contribution in [0.2, 0.25) is 0 Å². The molecular formula is C22H16N2O7. The largest absolute Gasteiger partial charge is 0.493 e. The summed E-state index contributed by atoms with van der Waals surface area (Å²) < 4.78 is 21.2. The summed E-state index contributed by atoms with van der Waals surface area (Å²) >= 11 is 0. The van der Waals surface area contributed by atoms with Gasteiger partial charge >= 0.3 is 6.03 Å². The molecule has 0 saturated carbocycles. The van der Waals surface area contributed by atoms with Crippen molar-refractivity contribution >= 4 is 29.6 Å². The van der Waals surface area contributed by atoms with Crippen LogP contribution in [-0.4, -0.2) is 38.4 Å². The van der Waals surface area contributed by atoms with Crippen LogP contribution in [0.15, 0.2) is 42.0 Å². The Bertz CT molecular complexity index is 1160. The maximum atomic E-state index is 13.0. The lowest BCUT2D eigenvalue weighted by molar-refractivity contribution is -0.122. The van der Waals surface area contributed by atoms with Gasteiger partial charge in [0, 0.05) is 6.07 Å². The molecule has 1 fully saturated rings. The fourth-order valence-electron chi connectivity index (χ4n) is 3.10. The average molecular weight is 420 g/mol. The van der Waals surface area contributed by atoms with E-state index in [0.29, 0.717) is 28.6 Å². The Hall–Kier alpha value is -4.45. The first-order valence-electron chi connectivity index (χ1n) is 9.07. The Morgan fingerprint density at radius 1 is 1.13 bits per heavy atom. The molecule has 0 bridgehead atoms. The number of imide groups is 2. The number of amides is 4. The molecule has 0 unspecified atom stereocenters. The number of benzene rings is 2. The van der Waals surface area contributed by atoms with Gasteiger partial charge in [-0.15, -0.1) is 6.42 Å². The van der Waals surface area contributed by atoms with E-state index >= 15 is 0 Å². The van der Waals surface area contributed by atoms with Crippen LogP contribution < -0.4 is 29.2 Å². The summed E-state index contributed by atoms with van der Waals surface area (Å²) in [5, 5.41) is 2.17. The quantitative estimate of drug-likeness (QED) is 0.449. The molecule has 0 atom stereocenters. The highest BCUT2D eigenvalue weighted by Gasteiger charge is 2.37. The molecule has 4 amide bonds. The summed E-state index contributed by atoms with van der Waals surface area (Å²) in [5.74, 6) is 2.46. The molecular weight excluding hydrogens is 404 g/mol. The van der Waals surface area contributed by atoms with Gasteiger partial charge in [0.15, 0.2) is 23.0 Å². The summed E-state index contributed by atoms with van der Waals surface area (Å²) in [4.78, 5) is 38.7. The SMILES string of the molecule is C#CCOc1ccc(/C=C2/C(=O)NC(=O)N(c3ccc4c(c3)OCO4)C2=O)cc1OC. The molecule has 2 aliphatic heterocycles. The van der Waals surface area contributed by atoms with Crippen molar-refractivity contribution in [2.24, 2.45) is 0 Å². The second kappa shape index (κ2) is 8.12. The van der Waals surface area contributed by atoms with Gasteiger partial charge < -0.3 is 18.9 Å². The van der Waals surface area contributed by atoms with Gasteiger partial charge in [-0.3, -0.25) is 14.9 Å². The molecule has 156 valence electrons. The van der Waals surface area contributed by atoms with E-state index in [4.69, 9.17) is 25.4 Å². The summed E-state index contributed by atoms with van der Waals surface area (Å²) in [6, 6.07) is 8.56. The van der Waals surface area contributed by atoms with Crippen molar-refractivity contribution in [2.45, 2.75) is 0 Å². The highest BCUT2D eigenvalue weighted by molar-refractivity contribution is 6.39. The fraction of sp³-hybridized carbons (Fsp3) is 0.136. The number of terminal acetylenes is 1. The third-order valence-electron chi connectivity index (χ3n) is 4.53. The van der Waals surface area contributed by atoms with Gasteiger partial charge in [-0.1, -0.05) is 12.0 Å². The fourth-order valence-corrected chi connectivity index (χ4v) is 3.10. The van der Waals surface area contributed by atoms with Crippen LogP contribution in [0, 0.1) is 12.3 Å². The molecule has 4 rings (SSSR count). The molecule has 2 heterocycles. The third kappa shape index (κ3) is 3.74. The zero-order valence-corrected chi connectivity index (χ0v) is 16.3. The number of anilines is 1. The van der Waals surface area contributed by atoms with E-state index in [1.165, 1.54) is 25.3 Å². The molecule has 2 aliphatic rings. The highest BCUT2D eigenvalue weighted by atomic mass is 16.7. The van der Waals surface area contributed by atoms with Crippen LogP contribution >= 0.6 is 0 Å². The number of fused-ring (bicyclic) bond motifs is 1. The van der Waals surface area contributed by atoms with Gasteiger partial charge in [0.25, 0.3) is 11.8 Å². The molecule has 1 saturated heterocycles. The van der Waals surface area contributed by atoms with Crippen molar-refractivity contribution in [3.8, 4) is 35.3 Å². The summed E-state index contributed by atoms with van der Waals surface area (Å²) in [6.07, 6.45) is 6.56. The summed E-state index contributed by atoms with van der Waals surface area (Å²) in [5.41, 5.74) is 0.501. The number of nitrogens with one attached hydrogen (secondary N) is 1. The predicted molar refractivity (Wildman–Crippen MR) is 109 cm³/mol. The topological polar surface area (TPSA) is 103 Å². The van der Waals surface area contributed by atoms with Gasteiger partial charge in [0.1, 0.15) is 12.2 Å². The Morgan fingerprint density at radius 3 is 2.71 bits per heavy atom. The summed E-state index contributed by atoms with van der Waals surface area (Å²) in [7, 11) is 1.45. The van der Waals surface area contributed by atoms with Gasteiger partial charge in [-0.05, 0) is 35.9 Å². The van der Waals surface area contributed by atoms with E-state index in [2.05, 4.69) is 11.2 Å². The number of barbiturate groups is 1. The van der Waals surface area contributed by atoms with Crippen LogP contribution in [0.3, 0.4) is 0 Å². The molecule has 9 heteroatoms. The van der Waals surface area contributed by atoms with E-state index in [0.717, 1.165) is 4.90 Å². The number of hydrogen-bond acceptors (Lipinski definition) is 7. The van der Waals surface area contributed by atoms with Crippen LogP contribution in [0.1, 0.15) is 5.56 Å². The third-order valence-corrected chi connectivity index (χ3v) is 4.53. The van der Waals surface area contributed by atoms with Crippen molar-refractivity contribution < 1.29 is 33.3 Å². The standard InChI is InChI=1S/C22H16N2O7/c1-3-8-29-16-6-4-13(10-18(16)28-2)9-15-20(25)23-22(27)24(21(15)26)14-5-7-17-19(11-14)31-12-30-17/h1,4-7,9-11H,8,12H2,2H3,(H,23,25,27)/b15-9-. The van der Waals surface area contributed by atoms with Crippen molar-refractivity contribution in [2.75, 3.05) is 25.4 Å². The van der Waals surface area contributed by atoms with Crippen molar-refractivity contribution in [1.29, 1.82) is 0 Å². The number of carbonyl (C=O) groups excluding carboxylic acids is 3. The zero-order valence-electron chi connectivity index (χ0n) is 16.3. The van der Waals surface area contributed by atoms with E-state index in [1.54, 1.807) is 24.3 Å². The second-order valence-corrected chi connectivity index (χ2v) is 6.40. The molecule has 31 heavy (non-hydrogen) atoms. The number of methoxy groups -OCH3 is 1. The number of nitrogens with zero attached hydrogens (tertiary/aromatic N) is 1. The van der Waals surface area contributed by atoms with E-state index in [-0.39, 0.29) is 24.7 Å². The van der Waals surface area contributed by atoms with E-state index in [9.17, 15) is 14.4 Å². The van der Waals surface area contributed by atoms with Gasteiger partial charge in [-0.2, -0.15) is 0 Å². The van der Waals surface area contributed by atoms with Crippen molar-refractivity contribution in [3.05, 3.63) is 47.5 Å². The molecule has 2 aromatic carbocycles. The lowest BCUT2D eigenvalue weighted by atomic mass is 10.1. The summed E-state index contributed by atoms with van der Waals surface area (Å²) in [6.45, 7) is 0.107. The van der Waals surface area contributed by atoms with Crippen LogP contribution in [-0.2, 0) is 9.59 Å². The van der Waals surface area contributed by atoms with Crippen LogP contribution in [0.25, 0.3) is 6.08 Å². The first-order valence-corrected chi connectivity index (χ1v) is 9.07. The minimum Gasteiger partial charge on any atom is -0.493 e. The predicted octanol–water partition coefficient (Wildman–Crippen LogP) is 2.10. The molecule has 0 aliphatic carbocycles. The maximum absolute atomic E-state index is 13.0. The van der Waals surface area contributed by atoms with E-state index < -0.39 is 17.8 Å². The van der Waals surface area contributed by atoms with Gasteiger partial charge in [0.05, 0.1) is 12.8 Å². The Labute approximate surface area is 177 Å². The number of ether oxygens (including phenoxy) is 4. The number of rotatable bonds is 5. The number of urea groups is 1. The van der Waals surface area contributed by atoms with Crippen LogP contribution in [0.5, 0.6) is 23.0 Å². The normalized spacial score (nSPS) is 16.2. The molecule has 0 spiro atoms. The number of hydrogen-bond donors (Lipinski definition) is 1. The Morgan fingerprint density at radius 2 is 1.94 bits per heavy atom. The Balaban J connectivity index is 1.67. The van der Waals surface area contributed by atoms with E-state index in [1.807, 2.05) is 0 Å².